The molecule has 0 bridgehead atoms. The number of aromatic nitrogens is 1. The van der Waals surface area contributed by atoms with E-state index < -0.39 is 0 Å². The average molecular weight is 516 g/mol. The molecule has 1 saturated heterocycles. The van der Waals surface area contributed by atoms with E-state index in [2.05, 4.69) is 40.1 Å². The zero-order valence-corrected chi connectivity index (χ0v) is 19.4. The summed E-state index contributed by atoms with van der Waals surface area (Å²) in [6.07, 6.45) is 2.22. The van der Waals surface area contributed by atoms with Crippen LogP contribution in [0.1, 0.15) is 24.8 Å². The molecule has 2 heterocycles. The average Bonchev–Trinajstić information content (AvgIpc) is 3.38. The number of ether oxygens (including phenoxy) is 2. The predicted octanol–water partition coefficient (Wildman–Crippen LogP) is 3.68. The Bertz CT molecular complexity index is 705. The van der Waals surface area contributed by atoms with E-state index in [1.54, 1.807) is 11.3 Å². The maximum Gasteiger partial charge on any atom is 0.191 e. The second-order valence-corrected chi connectivity index (χ2v) is 7.27. The molecular formula is C20H29IN4O2S. The number of hydrogen-bond donors (Lipinski definition) is 2. The first kappa shape index (κ1) is 23.1. The molecule has 2 aromatic rings. The van der Waals surface area contributed by atoms with Crippen LogP contribution in [-0.2, 0) is 16.0 Å². The topological polar surface area (TPSA) is 67.8 Å². The first-order valence-electron chi connectivity index (χ1n) is 9.56. The fraction of sp³-hybridized carbons (Fsp3) is 0.500. The van der Waals surface area contributed by atoms with Crippen molar-refractivity contribution in [1.29, 1.82) is 0 Å². The summed E-state index contributed by atoms with van der Waals surface area (Å²) in [4.78, 5) is 9.34. The Morgan fingerprint density at radius 3 is 2.93 bits per heavy atom. The van der Waals surface area contributed by atoms with E-state index in [1.165, 1.54) is 0 Å². The highest BCUT2D eigenvalue weighted by molar-refractivity contribution is 14.0. The molecular weight excluding hydrogens is 487 g/mol. The maximum atomic E-state index is 5.79. The molecule has 154 valence electrons. The first-order valence-corrected chi connectivity index (χ1v) is 10.4. The van der Waals surface area contributed by atoms with Gasteiger partial charge in [0.2, 0.25) is 0 Å². The predicted molar refractivity (Wildman–Crippen MR) is 126 cm³/mol. The first-order chi connectivity index (χ1) is 13.3. The third kappa shape index (κ3) is 7.65. The van der Waals surface area contributed by atoms with Gasteiger partial charge in [-0.3, -0.25) is 0 Å². The van der Waals surface area contributed by atoms with E-state index in [9.17, 15) is 0 Å². The number of guanidine groups is 1. The zero-order valence-electron chi connectivity index (χ0n) is 16.2. The number of rotatable bonds is 9. The van der Waals surface area contributed by atoms with Crippen molar-refractivity contribution in [3.05, 3.63) is 40.7 Å². The molecule has 1 aromatic heterocycles. The third-order valence-corrected chi connectivity index (χ3v) is 5.03. The monoisotopic (exact) mass is 516 g/mol. The molecule has 28 heavy (non-hydrogen) atoms. The Morgan fingerprint density at radius 2 is 2.18 bits per heavy atom. The summed E-state index contributed by atoms with van der Waals surface area (Å²) in [7, 11) is 0. The Kier molecular flexibility index (Phi) is 10.8. The number of thiazole rings is 1. The van der Waals surface area contributed by atoms with E-state index in [0.717, 1.165) is 68.0 Å². The molecule has 3 rings (SSSR count). The molecule has 0 radical (unpaired) electrons. The fourth-order valence-corrected chi connectivity index (χ4v) is 3.51. The van der Waals surface area contributed by atoms with E-state index >= 15 is 0 Å². The lowest BCUT2D eigenvalue weighted by Crippen LogP contribution is -2.38. The molecule has 1 aromatic carbocycles. The highest BCUT2D eigenvalue weighted by Gasteiger charge is 2.15. The van der Waals surface area contributed by atoms with E-state index in [4.69, 9.17) is 14.5 Å². The van der Waals surface area contributed by atoms with Crippen molar-refractivity contribution in [3.8, 4) is 11.3 Å². The normalized spacial score (nSPS) is 16.6. The van der Waals surface area contributed by atoms with Crippen molar-refractivity contribution >= 4 is 41.3 Å². The van der Waals surface area contributed by atoms with Gasteiger partial charge in [0.1, 0.15) is 5.01 Å². The van der Waals surface area contributed by atoms with Gasteiger partial charge in [0.25, 0.3) is 0 Å². The van der Waals surface area contributed by atoms with Crippen LogP contribution >= 0.6 is 35.3 Å². The number of benzene rings is 1. The molecule has 1 aliphatic heterocycles. The van der Waals surface area contributed by atoms with Crippen LogP contribution in [0.5, 0.6) is 0 Å². The van der Waals surface area contributed by atoms with Crippen LogP contribution in [0.15, 0.2) is 40.7 Å². The summed E-state index contributed by atoms with van der Waals surface area (Å²) in [5.74, 6) is 0.818. The maximum absolute atomic E-state index is 5.79. The number of nitrogens with one attached hydrogen (secondary N) is 2. The fourth-order valence-electron chi connectivity index (χ4n) is 2.79. The van der Waals surface area contributed by atoms with Crippen LogP contribution < -0.4 is 10.6 Å². The van der Waals surface area contributed by atoms with Crippen molar-refractivity contribution in [2.45, 2.75) is 32.4 Å². The van der Waals surface area contributed by atoms with Gasteiger partial charge in [0.05, 0.1) is 24.9 Å². The standard InChI is InChI=1S/C20H28N4O2S.HI/c1-2-21-20(22-10-6-11-26-17-9-12-25-14-17)23-13-19-24-18(15-27-19)16-7-4-3-5-8-16;/h3-5,7-8,15,17H,2,6,9-14H2,1H3,(H2,21,22,23);1H. The second-order valence-electron chi connectivity index (χ2n) is 6.32. The molecule has 1 aliphatic rings. The summed E-state index contributed by atoms with van der Waals surface area (Å²) in [5, 5.41) is 9.74. The minimum Gasteiger partial charge on any atom is -0.379 e. The van der Waals surface area contributed by atoms with Crippen molar-refractivity contribution in [2.24, 2.45) is 4.99 Å². The highest BCUT2D eigenvalue weighted by Crippen LogP contribution is 2.21. The molecule has 6 nitrogen and oxygen atoms in total. The third-order valence-electron chi connectivity index (χ3n) is 4.19. The number of aliphatic imine (C=N–C) groups is 1. The van der Waals surface area contributed by atoms with Crippen LogP contribution in [0.25, 0.3) is 11.3 Å². The molecule has 0 spiro atoms. The summed E-state index contributed by atoms with van der Waals surface area (Å²) in [6.45, 7) is 6.59. The lowest BCUT2D eigenvalue weighted by atomic mass is 10.2. The molecule has 1 fully saturated rings. The molecule has 0 aliphatic carbocycles. The summed E-state index contributed by atoms with van der Waals surface area (Å²) >= 11 is 1.64. The van der Waals surface area contributed by atoms with Crippen LogP contribution in [0.2, 0.25) is 0 Å². The van der Waals surface area contributed by atoms with Crippen molar-refractivity contribution < 1.29 is 9.47 Å². The Labute approximate surface area is 188 Å². The summed E-state index contributed by atoms with van der Waals surface area (Å²) in [6, 6.07) is 10.2. The van der Waals surface area contributed by atoms with Crippen LogP contribution in [0, 0.1) is 0 Å². The second kappa shape index (κ2) is 13.1. The molecule has 0 amide bonds. The van der Waals surface area contributed by atoms with E-state index in [1.807, 2.05) is 18.2 Å². The SMILES string of the molecule is CCNC(=NCc1nc(-c2ccccc2)cs1)NCCCOC1CCOC1.I. The molecule has 1 atom stereocenters. The lowest BCUT2D eigenvalue weighted by molar-refractivity contribution is 0.0420. The molecule has 1 unspecified atom stereocenters. The van der Waals surface area contributed by atoms with Crippen molar-refractivity contribution in [1.82, 2.24) is 15.6 Å². The van der Waals surface area contributed by atoms with Crippen molar-refractivity contribution in [3.63, 3.8) is 0 Å². The Morgan fingerprint density at radius 1 is 1.32 bits per heavy atom. The Hall–Kier alpha value is -1.23. The van der Waals surface area contributed by atoms with Gasteiger partial charge in [-0.1, -0.05) is 30.3 Å². The number of halogens is 1. The van der Waals surface area contributed by atoms with Gasteiger partial charge in [-0.25, -0.2) is 9.98 Å². The van der Waals surface area contributed by atoms with Gasteiger partial charge >= 0.3 is 0 Å². The smallest absolute Gasteiger partial charge is 0.191 e. The number of hydrogen-bond acceptors (Lipinski definition) is 5. The van der Waals surface area contributed by atoms with Gasteiger partial charge in [-0.05, 0) is 19.8 Å². The van der Waals surface area contributed by atoms with E-state index in [0.29, 0.717) is 6.54 Å². The minimum atomic E-state index is 0. The van der Waals surface area contributed by atoms with Gasteiger partial charge in [-0.15, -0.1) is 35.3 Å². The minimum absolute atomic E-state index is 0. The van der Waals surface area contributed by atoms with Gasteiger partial charge in [0.15, 0.2) is 5.96 Å². The van der Waals surface area contributed by atoms with Crippen LogP contribution in [-0.4, -0.2) is 50.0 Å². The number of nitrogens with zero attached hydrogens (tertiary/aromatic N) is 2. The quantitative estimate of drug-likeness (QED) is 0.231. The van der Waals surface area contributed by atoms with Crippen LogP contribution in [0.4, 0.5) is 0 Å². The summed E-state index contributed by atoms with van der Waals surface area (Å²) < 4.78 is 11.1. The Balaban J connectivity index is 0.00000280. The summed E-state index contributed by atoms with van der Waals surface area (Å²) in [5.41, 5.74) is 2.15. The van der Waals surface area contributed by atoms with Gasteiger partial charge in [-0.2, -0.15) is 0 Å². The molecule has 2 N–H and O–H groups in total. The van der Waals surface area contributed by atoms with E-state index in [-0.39, 0.29) is 30.1 Å². The molecule has 8 heteroatoms. The highest BCUT2D eigenvalue weighted by atomic mass is 127. The van der Waals surface area contributed by atoms with Gasteiger partial charge in [0, 0.05) is 37.2 Å². The zero-order chi connectivity index (χ0) is 18.7. The van der Waals surface area contributed by atoms with Crippen LogP contribution in [0.3, 0.4) is 0 Å². The van der Waals surface area contributed by atoms with Gasteiger partial charge < -0.3 is 20.1 Å². The molecule has 0 saturated carbocycles. The van der Waals surface area contributed by atoms with Crippen molar-refractivity contribution in [2.75, 3.05) is 32.9 Å². The lowest BCUT2D eigenvalue weighted by Gasteiger charge is -2.12. The largest absolute Gasteiger partial charge is 0.379 e.